The number of hydrogen-bond acceptors (Lipinski definition) is 5. The lowest BCUT2D eigenvalue weighted by Crippen LogP contribution is -2.08. The van der Waals surface area contributed by atoms with Crippen LogP contribution in [0.15, 0.2) is 85.9 Å². The molecule has 28 heavy (non-hydrogen) atoms. The summed E-state index contributed by atoms with van der Waals surface area (Å²) < 4.78 is 1.91. The number of pyridine rings is 1. The van der Waals surface area contributed by atoms with Crippen LogP contribution in [0.3, 0.4) is 0 Å². The van der Waals surface area contributed by atoms with Crippen molar-refractivity contribution in [3.8, 4) is 0 Å². The Labute approximate surface area is 181 Å². The van der Waals surface area contributed by atoms with Crippen LogP contribution in [-0.2, 0) is 0 Å². The van der Waals surface area contributed by atoms with E-state index in [1.54, 1.807) is 0 Å². The Balaban J connectivity index is 1.75. The van der Waals surface area contributed by atoms with Crippen LogP contribution in [0.5, 0.6) is 0 Å². The van der Waals surface area contributed by atoms with Crippen LogP contribution in [0.1, 0.15) is 25.2 Å². The lowest BCUT2D eigenvalue weighted by molar-refractivity contribution is 1.21. The summed E-state index contributed by atoms with van der Waals surface area (Å²) in [5, 5.41) is 8.89. The number of para-hydroxylation sites is 2. The maximum Gasteiger partial charge on any atom is 0.0867 e. The topological polar surface area (TPSA) is 61.7 Å². The molecule has 3 aromatic rings. The summed E-state index contributed by atoms with van der Waals surface area (Å²) in [6.07, 6.45) is 0. The van der Waals surface area contributed by atoms with Gasteiger partial charge in [0.25, 0.3) is 0 Å². The number of nitrogens with one attached hydrogen (secondary N) is 2. The molecule has 0 aliphatic carbocycles. The Bertz CT molecular complexity index is 952. The molecule has 7 heteroatoms. The van der Waals surface area contributed by atoms with Gasteiger partial charge in [0.2, 0.25) is 0 Å². The van der Waals surface area contributed by atoms with Crippen LogP contribution in [0.2, 0.25) is 0 Å². The maximum absolute atomic E-state index is 4.68. The summed E-state index contributed by atoms with van der Waals surface area (Å²) in [6.45, 7) is 3.84. The lowest BCUT2D eigenvalue weighted by atomic mass is 10.2. The van der Waals surface area contributed by atoms with E-state index < -0.39 is 0 Å². The number of anilines is 2. The summed E-state index contributed by atoms with van der Waals surface area (Å²) in [6, 6.07) is 21.5. The Hall–Kier alpha value is -2.51. The minimum absolute atomic E-state index is 0.782. The van der Waals surface area contributed by atoms with E-state index in [4.69, 9.17) is 0 Å². The van der Waals surface area contributed by atoms with Gasteiger partial charge < -0.3 is 0 Å². The first-order chi connectivity index (χ1) is 13.5. The SMILES string of the molecule is C/C(=N\Nc1ccccc1Br)c1cccc(/C(C)=N/Nc2ccccc2Br)n1. The fourth-order valence-electron chi connectivity index (χ4n) is 2.34. The fourth-order valence-corrected chi connectivity index (χ4v) is 3.09. The highest BCUT2D eigenvalue weighted by Crippen LogP contribution is 2.22. The van der Waals surface area contributed by atoms with E-state index in [-0.39, 0.29) is 0 Å². The molecule has 0 saturated carbocycles. The van der Waals surface area contributed by atoms with Crippen LogP contribution in [0.4, 0.5) is 11.4 Å². The molecule has 0 spiro atoms. The van der Waals surface area contributed by atoms with Crippen LogP contribution in [-0.4, -0.2) is 16.4 Å². The quantitative estimate of drug-likeness (QED) is 0.309. The fraction of sp³-hybridized carbons (Fsp3) is 0.0952. The molecule has 0 aliphatic rings. The predicted octanol–water partition coefficient (Wildman–Crippen LogP) is 6.28. The number of benzene rings is 2. The minimum Gasteiger partial charge on any atom is -0.277 e. The molecule has 0 bridgehead atoms. The first-order valence-corrected chi connectivity index (χ1v) is 10.2. The Morgan fingerprint density at radius 3 is 1.54 bits per heavy atom. The number of rotatable bonds is 6. The maximum atomic E-state index is 4.68. The first-order valence-electron chi connectivity index (χ1n) is 8.62. The third kappa shape index (κ3) is 5.27. The van der Waals surface area contributed by atoms with Crippen molar-refractivity contribution >= 4 is 54.7 Å². The standard InChI is InChI=1S/C21H19Br2N5/c1-14(25-27-20-10-5-3-8-16(20)22)18-12-7-13-19(24-18)15(2)26-28-21-11-6-4-9-17(21)23/h3-13,27-28H,1-2H3/b25-14+,26-15+. The monoisotopic (exact) mass is 499 g/mol. The van der Waals surface area contributed by atoms with Crippen molar-refractivity contribution in [3.05, 3.63) is 87.1 Å². The van der Waals surface area contributed by atoms with Gasteiger partial charge in [-0.2, -0.15) is 10.2 Å². The van der Waals surface area contributed by atoms with Crippen LogP contribution < -0.4 is 10.9 Å². The van der Waals surface area contributed by atoms with Gasteiger partial charge in [0.15, 0.2) is 0 Å². The molecule has 0 atom stereocenters. The van der Waals surface area contributed by atoms with Crippen LogP contribution in [0, 0.1) is 0 Å². The highest BCUT2D eigenvalue weighted by molar-refractivity contribution is 9.11. The first kappa shape index (κ1) is 20.2. The molecule has 0 fully saturated rings. The van der Waals surface area contributed by atoms with Gasteiger partial charge in [-0.1, -0.05) is 30.3 Å². The summed E-state index contributed by atoms with van der Waals surface area (Å²) in [4.78, 5) is 4.68. The second kappa shape index (κ2) is 9.61. The van der Waals surface area contributed by atoms with Crippen molar-refractivity contribution < 1.29 is 0 Å². The zero-order valence-corrected chi connectivity index (χ0v) is 18.6. The molecule has 2 N–H and O–H groups in total. The van der Waals surface area contributed by atoms with Crippen molar-refractivity contribution in [3.63, 3.8) is 0 Å². The zero-order chi connectivity index (χ0) is 19.9. The lowest BCUT2D eigenvalue weighted by Gasteiger charge is -2.07. The molecule has 142 valence electrons. The third-order valence-electron chi connectivity index (χ3n) is 3.93. The number of hydrazone groups is 2. The molecular formula is C21H19Br2N5. The Morgan fingerprint density at radius 2 is 1.11 bits per heavy atom. The molecule has 0 amide bonds. The van der Waals surface area contributed by atoms with Gasteiger partial charge in [0.05, 0.1) is 34.2 Å². The second-order valence-electron chi connectivity index (χ2n) is 5.99. The van der Waals surface area contributed by atoms with Crippen LogP contribution in [0.25, 0.3) is 0 Å². The van der Waals surface area contributed by atoms with E-state index in [1.165, 1.54) is 0 Å². The Kier molecular flexibility index (Phi) is 6.95. The summed E-state index contributed by atoms with van der Waals surface area (Å²) in [7, 11) is 0. The van der Waals surface area contributed by atoms with Crippen molar-refractivity contribution in [2.75, 3.05) is 10.9 Å². The summed E-state index contributed by atoms with van der Waals surface area (Å²) >= 11 is 7.00. The largest absolute Gasteiger partial charge is 0.277 e. The molecule has 0 aliphatic heterocycles. The van der Waals surface area contributed by atoms with Gasteiger partial charge in [0, 0.05) is 8.95 Å². The van der Waals surface area contributed by atoms with Crippen molar-refractivity contribution in [2.45, 2.75) is 13.8 Å². The van der Waals surface area contributed by atoms with Gasteiger partial charge in [-0.15, -0.1) is 0 Å². The number of hydrogen-bond donors (Lipinski definition) is 2. The van der Waals surface area contributed by atoms with Crippen molar-refractivity contribution in [2.24, 2.45) is 10.2 Å². The predicted molar refractivity (Wildman–Crippen MR) is 124 cm³/mol. The number of nitrogens with zero attached hydrogens (tertiary/aromatic N) is 3. The molecule has 0 unspecified atom stereocenters. The van der Waals surface area contributed by atoms with E-state index in [0.29, 0.717) is 0 Å². The molecule has 0 saturated heterocycles. The summed E-state index contributed by atoms with van der Waals surface area (Å²) in [5.41, 5.74) is 11.1. The van der Waals surface area contributed by atoms with Gasteiger partial charge in [-0.25, -0.2) is 4.98 Å². The molecular weight excluding hydrogens is 482 g/mol. The molecule has 5 nitrogen and oxygen atoms in total. The summed E-state index contributed by atoms with van der Waals surface area (Å²) in [5.74, 6) is 0. The number of halogens is 2. The molecule has 0 radical (unpaired) electrons. The van der Waals surface area contributed by atoms with Crippen molar-refractivity contribution in [1.29, 1.82) is 0 Å². The number of aromatic nitrogens is 1. The van der Waals surface area contributed by atoms with E-state index in [9.17, 15) is 0 Å². The average Bonchev–Trinajstić information content (AvgIpc) is 2.72. The van der Waals surface area contributed by atoms with Crippen molar-refractivity contribution in [1.82, 2.24) is 4.98 Å². The Morgan fingerprint density at radius 1 is 0.679 bits per heavy atom. The average molecular weight is 501 g/mol. The second-order valence-corrected chi connectivity index (χ2v) is 7.69. The third-order valence-corrected chi connectivity index (χ3v) is 5.31. The van der Waals surface area contributed by atoms with Gasteiger partial charge in [0.1, 0.15) is 0 Å². The zero-order valence-electron chi connectivity index (χ0n) is 15.4. The molecule has 1 aromatic heterocycles. The van der Waals surface area contributed by atoms with Gasteiger partial charge >= 0.3 is 0 Å². The normalized spacial score (nSPS) is 12.0. The highest BCUT2D eigenvalue weighted by Gasteiger charge is 2.05. The van der Waals surface area contributed by atoms with E-state index in [0.717, 1.165) is 43.1 Å². The smallest absolute Gasteiger partial charge is 0.0867 e. The minimum atomic E-state index is 0.782. The van der Waals surface area contributed by atoms with Gasteiger partial charge in [-0.05, 0) is 82.1 Å². The highest BCUT2D eigenvalue weighted by atomic mass is 79.9. The molecule has 2 aromatic carbocycles. The molecule has 1 heterocycles. The van der Waals surface area contributed by atoms with E-state index >= 15 is 0 Å². The van der Waals surface area contributed by atoms with E-state index in [1.807, 2.05) is 80.6 Å². The van der Waals surface area contributed by atoms with Gasteiger partial charge in [-0.3, -0.25) is 10.9 Å². The van der Waals surface area contributed by atoms with Crippen LogP contribution >= 0.6 is 31.9 Å². The molecule has 3 rings (SSSR count). The van der Waals surface area contributed by atoms with E-state index in [2.05, 4.69) is 57.9 Å².